The average molecular weight is 374 g/mol. The van der Waals surface area contributed by atoms with E-state index in [0.717, 1.165) is 13.0 Å². The number of ether oxygens (including phenoxy) is 1. The summed E-state index contributed by atoms with van der Waals surface area (Å²) in [6.07, 6.45) is 17.9. The summed E-state index contributed by atoms with van der Waals surface area (Å²) in [5.41, 5.74) is 2.48. The number of benzene rings is 1. The van der Waals surface area contributed by atoms with E-state index in [1.165, 1.54) is 68.9 Å². The summed E-state index contributed by atoms with van der Waals surface area (Å²) in [5, 5.41) is 12.4. The maximum Gasteiger partial charge on any atom is 0.0721 e. The number of aliphatic hydroxyl groups is 1. The van der Waals surface area contributed by atoms with Crippen LogP contribution in [0.1, 0.15) is 82.3 Å². The number of nitrogens with one attached hydrogen (secondary N) is 1. The molecular weight excluding hydrogens is 334 g/mol. The zero-order valence-electron chi connectivity index (χ0n) is 17.2. The van der Waals surface area contributed by atoms with E-state index < -0.39 is 0 Å². The minimum absolute atomic E-state index is 0.194. The van der Waals surface area contributed by atoms with Crippen molar-refractivity contribution in [3.05, 3.63) is 41.5 Å². The van der Waals surface area contributed by atoms with Gasteiger partial charge in [0.05, 0.1) is 19.3 Å². The zero-order chi connectivity index (χ0) is 19.2. The van der Waals surface area contributed by atoms with Gasteiger partial charge in [-0.2, -0.15) is 0 Å². The van der Waals surface area contributed by atoms with Gasteiger partial charge in [0.15, 0.2) is 0 Å². The summed E-state index contributed by atoms with van der Waals surface area (Å²) >= 11 is 0. The first kappa shape index (κ1) is 22.1. The number of allylic oxidation sites excluding steroid dienone is 1. The van der Waals surface area contributed by atoms with E-state index in [1.807, 2.05) is 0 Å². The molecule has 0 bridgehead atoms. The number of unbranched alkanes of at least 4 members (excludes halogenated alkanes) is 8. The first-order chi connectivity index (χ1) is 13.3. The van der Waals surface area contributed by atoms with Gasteiger partial charge in [0.2, 0.25) is 0 Å². The Balaban J connectivity index is 1.54. The Kier molecular flexibility index (Phi) is 11.4. The lowest BCUT2D eigenvalue weighted by atomic mass is 10.1. The normalized spacial score (nSPS) is 19.9. The molecule has 0 aromatic heterocycles. The van der Waals surface area contributed by atoms with Crippen LogP contribution in [-0.4, -0.2) is 30.4 Å². The van der Waals surface area contributed by atoms with Crippen molar-refractivity contribution >= 4 is 6.08 Å². The molecule has 1 aromatic rings. The van der Waals surface area contributed by atoms with Gasteiger partial charge in [-0.3, -0.25) is 0 Å². The Hall–Kier alpha value is -1.16. The number of aliphatic hydroxyl groups excluding tert-OH is 1. The van der Waals surface area contributed by atoms with E-state index in [0.29, 0.717) is 6.61 Å². The topological polar surface area (TPSA) is 41.5 Å². The smallest absolute Gasteiger partial charge is 0.0721 e. The van der Waals surface area contributed by atoms with E-state index in [1.54, 1.807) is 0 Å². The molecule has 0 spiro atoms. The van der Waals surface area contributed by atoms with Crippen LogP contribution in [0.25, 0.3) is 6.08 Å². The standard InChI is InChI=1S/C24H39NO2/c1-2-3-4-5-6-7-8-9-10-11-12-21-13-15-22(16-14-21)20-27-24-17-23(19-26)25-18-24/h11-16,23-26H,2-10,17-20H2,1H3/b12-11+/t23-,24+/m0/s1. The second kappa shape index (κ2) is 13.9. The maximum absolute atomic E-state index is 9.15. The zero-order valence-corrected chi connectivity index (χ0v) is 17.2. The monoisotopic (exact) mass is 373 g/mol. The molecule has 1 saturated heterocycles. The van der Waals surface area contributed by atoms with Gasteiger partial charge in [0.25, 0.3) is 0 Å². The van der Waals surface area contributed by atoms with Crippen molar-refractivity contribution in [1.82, 2.24) is 5.32 Å². The van der Waals surface area contributed by atoms with Crippen LogP contribution in [0.3, 0.4) is 0 Å². The number of rotatable bonds is 14. The second-order valence-corrected chi connectivity index (χ2v) is 7.86. The molecule has 0 unspecified atom stereocenters. The molecule has 0 aliphatic carbocycles. The van der Waals surface area contributed by atoms with Crippen molar-refractivity contribution in [2.45, 2.75) is 89.9 Å². The Labute approximate surface area is 166 Å². The van der Waals surface area contributed by atoms with E-state index >= 15 is 0 Å². The van der Waals surface area contributed by atoms with Crippen molar-refractivity contribution in [3.8, 4) is 0 Å². The first-order valence-electron chi connectivity index (χ1n) is 11.0. The van der Waals surface area contributed by atoms with Gasteiger partial charge in [-0.05, 0) is 30.4 Å². The lowest BCUT2D eigenvalue weighted by molar-refractivity contribution is 0.0512. The molecule has 2 atom stereocenters. The molecule has 0 amide bonds. The van der Waals surface area contributed by atoms with E-state index in [9.17, 15) is 0 Å². The summed E-state index contributed by atoms with van der Waals surface area (Å²) in [4.78, 5) is 0. The van der Waals surface area contributed by atoms with Gasteiger partial charge in [-0.25, -0.2) is 0 Å². The highest BCUT2D eigenvalue weighted by Crippen LogP contribution is 2.14. The maximum atomic E-state index is 9.15. The lowest BCUT2D eigenvalue weighted by Gasteiger charge is -2.11. The molecule has 1 aromatic carbocycles. The third kappa shape index (κ3) is 9.55. The molecule has 27 heavy (non-hydrogen) atoms. The summed E-state index contributed by atoms with van der Waals surface area (Å²) in [5.74, 6) is 0. The molecule has 2 rings (SSSR count). The predicted octanol–water partition coefficient (Wildman–Crippen LogP) is 5.47. The van der Waals surface area contributed by atoms with E-state index in [2.05, 4.69) is 48.7 Å². The SMILES string of the molecule is CCCCCCCCCC/C=C/c1ccc(CO[C@H]2CN[C@H](CO)C2)cc1. The molecule has 1 fully saturated rings. The molecule has 3 nitrogen and oxygen atoms in total. The predicted molar refractivity (Wildman–Crippen MR) is 115 cm³/mol. The van der Waals surface area contributed by atoms with Crippen LogP contribution in [0.4, 0.5) is 0 Å². The molecule has 0 radical (unpaired) electrons. The highest BCUT2D eigenvalue weighted by atomic mass is 16.5. The van der Waals surface area contributed by atoms with Crippen LogP contribution in [0, 0.1) is 0 Å². The number of hydrogen-bond acceptors (Lipinski definition) is 3. The Bertz CT molecular complexity index is 512. The molecule has 1 aliphatic heterocycles. The molecule has 1 aliphatic rings. The number of hydrogen-bond donors (Lipinski definition) is 2. The quantitative estimate of drug-likeness (QED) is 0.425. The van der Waals surface area contributed by atoms with Crippen LogP contribution < -0.4 is 5.32 Å². The third-order valence-corrected chi connectivity index (χ3v) is 5.40. The van der Waals surface area contributed by atoms with Gasteiger partial charge in [0, 0.05) is 12.6 Å². The largest absolute Gasteiger partial charge is 0.395 e. The fourth-order valence-corrected chi connectivity index (χ4v) is 3.60. The van der Waals surface area contributed by atoms with Gasteiger partial charge >= 0.3 is 0 Å². The minimum atomic E-state index is 0.194. The highest BCUT2D eigenvalue weighted by Gasteiger charge is 2.23. The third-order valence-electron chi connectivity index (χ3n) is 5.40. The first-order valence-corrected chi connectivity index (χ1v) is 11.0. The molecule has 1 heterocycles. The van der Waals surface area contributed by atoms with Crippen LogP contribution in [0.5, 0.6) is 0 Å². The van der Waals surface area contributed by atoms with Crippen LogP contribution in [0.15, 0.2) is 30.3 Å². The molecule has 3 heteroatoms. The second-order valence-electron chi connectivity index (χ2n) is 7.86. The van der Waals surface area contributed by atoms with E-state index in [-0.39, 0.29) is 18.8 Å². The fraction of sp³-hybridized carbons (Fsp3) is 0.667. The minimum Gasteiger partial charge on any atom is -0.395 e. The van der Waals surface area contributed by atoms with Gasteiger partial charge in [0.1, 0.15) is 0 Å². The van der Waals surface area contributed by atoms with E-state index in [4.69, 9.17) is 9.84 Å². The summed E-state index contributed by atoms with van der Waals surface area (Å²) in [7, 11) is 0. The Morgan fingerprint density at radius 2 is 1.74 bits per heavy atom. The fourth-order valence-electron chi connectivity index (χ4n) is 3.60. The summed E-state index contributed by atoms with van der Waals surface area (Å²) in [6, 6.07) is 8.85. The summed E-state index contributed by atoms with van der Waals surface area (Å²) < 4.78 is 5.94. The van der Waals surface area contributed by atoms with Crippen molar-refractivity contribution in [2.75, 3.05) is 13.2 Å². The van der Waals surface area contributed by atoms with Crippen LogP contribution in [0.2, 0.25) is 0 Å². The Morgan fingerprint density at radius 1 is 1.04 bits per heavy atom. The van der Waals surface area contributed by atoms with Gasteiger partial charge in [-0.1, -0.05) is 88.3 Å². The molecule has 2 N–H and O–H groups in total. The van der Waals surface area contributed by atoms with Crippen LogP contribution >= 0.6 is 0 Å². The molecular formula is C24H39NO2. The van der Waals surface area contributed by atoms with Gasteiger partial charge in [-0.15, -0.1) is 0 Å². The Morgan fingerprint density at radius 3 is 2.41 bits per heavy atom. The highest BCUT2D eigenvalue weighted by molar-refractivity contribution is 5.49. The van der Waals surface area contributed by atoms with Crippen molar-refractivity contribution in [2.24, 2.45) is 0 Å². The molecule has 0 saturated carbocycles. The van der Waals surface area contributed by atoms with Gasteiger partial charge < -0.3 is 15.2 Å². The van der Waals surface area contributed by atoms with Crippen molar-refractivity contribution < 1.29 is 9.84 Å². The van der Waals surface area contributed by atoms with Crippen molar-refractivity contribution in [3.63, 3.8) is 0 Å². The van der Waals surface area contributed by atoms with Crippen molar-refractivity contribution in [1.29, 1.82) is 0 Å². The average Bonchev–Trinajstić information content (AvgIpc) is 3.17. The molecule has 152 valence electrons. The summed E-state index contributed by atoms with van der Waals surface area (Å²) in [6.45, 7) is 3.95. The van der Waals surface area contributed by atoms with Crippen LogP contribution in [-0.2, 0) is 11.3 Å². The lowest BCUT2D eigenvalue weighted by Crippen LogP contribution is -2.24.